The van der Waals surface area contributed by atoms with Gasteiger partial charge >= 0.3 is 5.97 Å². The average Bonchev–Trinajstić information content (AvgIpc) is 2.58. The number of hydroxylamine groups is 1. The van der Waals surface area contributed by atoms with Crippen molar-refractivity contribution in [3.8, 4) is 5.75 Å². The molecule has 132 valence electrons. The Morgan fingerprint density at radius 2 is 2.04 bits per heavy atom. The number of pyridine rings is 1. The number of ether oxygens (including phenoxy) is 1. The number of hydrogen-bond acceptors (Lipinski definition) is 5. The molecule has 0 spiro atoms. The molecule has 25 heavy (non-hydrogen) atoms. The number of para-hydroxylation sites is 1. The van der Waals surface area contributed by atoms with Crippen molar-refractivity contribution in [1.82, 2.24) is 10.5 Å². The first-order valence-electron chi connectivity index (χ1n) is 7.66. The number of hydrogen-bond donors (Lipinski definition) is 2. The molecule has 0 unspecified atom stereocenters. The van der Waals surface area contributed by atoms with Crippen LogP contribution in [-0.4, -0.2) is 23.5 Å². The van der Waals surface area contributed by atoms with Crippen LogP contribution in [0.1, 0.15) is 19.4 Å². The van der Waals surface area contributed by atoms with Gasteiger partial charge in [0.25, 0.3) is 0 Å². The highest BCUT2D eigenvalue weighted by molar-refractivity contribution is 9.10. The van der Waals surface area contributed by atoms with E-state index in [1.807, 2.05) is 37.3 Å². The highest BCUT2D eigenvalue weighted by Gasteiger charge is 2.06. The van der Waals surface area contributed by atoms with Gasteiger partial charge in [-0.25, -0.2) is 9.98 Å². The largest absolute Gasteiger partial charge is 0.494 e. The second-order valence-corrected chi connectivity index (χ2v) is 5.68. The minimum atomic E-state index is -0.480. The summed E-state index contributed by atoms with van der Waals surface area (Å²) in [5.74, 6) is 1.09. The van der Waals surface area contributed by atoms with Crippen molar-refractivity contribution in [3.63, 3.8) is 0 Å². The highest BCUT2D eigenvalue weighted by Crippen LogP contribution is 2.19. The first-order valence-corrected chi connectivity index (χ1v) is 8.46. The molecule has 0 amide bonds. The van der Waals surface area contributed by atoms with Crippen LogP contribution < -0.4 is 15.5 Å². The van der Waals surface area contributed by atoms with E-state index in [0.29, 0.717) is 23.6 Å². The van der Waals surface area contributed by atoms with E-state index in [9.17, 15) is 4.79 Å². The number of aromatic nitrogens is 1. The first kappa shape index (κ1) is 18.7. The number of benzene rings is 1. The third-order valence-electron chi connectivity index (χ3n) is 2.93. The summed E-state index contributed by atoms with van der Waals surface area (Å²) in [5.41, 5.74) is 3.41. The monoisotopic (exact) mass is 406 g/mol. The number of anilines is 1. The van der Waals surface area contributed by atoms with Crippen LogP contribution in [0.15, 0.2) is 52.1 Å². The molecule has 7 nitrogen and oxygen atoms in total. The lowest BCUT2D eigenvalue weighted by Gasteiger charge is -2.12. The maximum Gasteiger partial charge on any atom is 0.329 e. The molecule has 1 aromatic carbocycles. The van der Waals surface area contributed by atoms with Crippen LogP contribution in [0.2, 0.25) is 0 Å². The number of nitrogens with one attached hydrogen (secondary N) is 2. The zero-order chi connectivity index (χ0) is 18.1. The molecule has 0 saturated heterocycles. The second-order valence-electron chi connectivity index (χ2n) is 4.87. The number of halogens is 1. The van der Waals surface area contributed by atoms with Crippen molar-refractivity contribution < 1.29 is 14.4 Å². The molecule has 2 aromatic rings. The Labute approximate surface area is 154 Å². The van der Waals surface area contributed by atoms with Crippen molar-refractivity contribution in [2.24, 2.45) is 4.99 Å². The van der Waals surface area contributed by atoms with Crippen LogP contribution in [0.3, 0.4) is 0 Å². The molecule has 0 bridgehead atoms. The lowest BCUT2D eigenvalue weighted by molar-refractivity contribution is -0.145. The molecule has 0 atom stereocenters. The van der Waals surface area contributed by atoms with Gasteiger partial charge in [0.05, 0.1) is 13.2 Å². The minimum Gasteiger partial charge on any atom is -0.494 e. The maximum atomic E-state index is 11.1. The highest BCUT2D eigenvalue weighted by atomic mass is 79.9. The molecule has 1 heterocycles. The average molecular weight is 407 g/mol. The molecule has 0 aliphatic rings. The number of carbonyl (C=O) groups is 1. The summed E-state index contributed by atoms with van der Waals surface area (Å²) in [7, 11) is 0. The summed E-state index contributed by atoms with van der Waals surface area (Å²) in [6, 6.07) is 13.0. The van der Waals surface area contributed by atoms with E-state index in [1.54, 1.807) is 12.1 Å². The summed E-state index contributed by atoms with van der Waals surface area (Å²) >= 11 is 3.30. The molecule has 0 aliphatic carbocycles. The molecular formula is C17H19BrN4O3. The summed E-state index contributed by atoms with van der Waals surface area (Å²) < 4.78 is 6.26. The molecule has 0 fully saturated rings. The third kappa shape index (κ3) is 6.42. The SMILES string of the molecule is CCOc1ccccc1CN=C(NOC(C)=O)Nc1cccc(Br)n1. The second kappa shape index (κ2) is 9.63. The van der Waals surface area contributed by atoms with Gasteiger partial charge in [0.2, 0.25) is 5.96 Å². The quantitative estimate of drug-likeness (QED) is 0.343. The van der Waals surface area contributed by atoms with Crippen LogP contribution >= 0.6 is 15.9 Å². The number of nitrogens with zero attached hydrogens (tertiary/aromatic N) is 2. The smallest absolute Gasteiger partial charge is 0.329 e. The lowest BCUT2D eigenvalue weighted by atomic mass is 10.2. The Bertz CT molecular complexity index is 752. The summed E-state index contributed by atoms with van der Waals surface area (Å²) in [6.07, 6.45) is 0. The van der Waals surface area contributed by atoms with Gasteiger partial charge in [0.1, 0.15) is 16.2 Å². The van der Waals surface area contributed by atoms with Gasteiger partial charge in [-0.2, -0.15) is 5.48 Å². The van der Waals surface area contributed by atoms with Crippen LogP contribution in [0.5, 0.6) is 5.75 Å². The van der Waals surface area contributed by atoms with E-state index < -0.39 is 5.97 Å². The van der Waals surface area contributed by atoms with Crippen molar-refractivity contribution in [3.05, 3.63) is 52.6 Å². The molecule has 2 rings (SSSR count). The normalized spacial score (nSPS) is 10.9. The molecule has 2 N–H and O–H groups in total. The van der Waals surface area contributed by atoms with Crippen LogP contribution in [-0.2, 0) is 16.2 Å². The molecule has 0 radical (unpaired) electrons. The number of carbonyl (C=O) groups excluding carboxylic acids is 1. The number of guanidine groups is 1. The van der Waals surface area contributed by atoms with Gasteiger partial charge in [-0.1, -0.05) is 24.3 Å². The van der Waals surface area contributed by atoms with Crippen molar-refractivity contribution >= 4 is 33.7 Å². The van der Waals surface area contributed by atoms with Crippen LogP contribution in [0, 0.1) is 0 Å². The Morgan fingerprint density at radius 1 is 1.24 bits per heavy atom. The summed E-state index contributed by atoms with van der Waals surface area (Å²) in [5, 5.41) is 2.98. The van der Waals surface area contributed by atoms with E-state index in [2.05, 4.69) is 36.7 Å². The Kier molecular flexibility index (Phi) is 7.21. The molecule has 0 saturated carbocycles. The van der Waals surface area contributed by atoms with Crippen molar-refractivity contribution in [2.75, 3.05) is 11.9 Å². The predicted octanol–water partition coefficient (Wildman–Crippen LogP) is 3.28. The molecule has 8 heteroatoms. The zero-order valence-corrected chi connectivity index (χ0v) is 15.5. The predicted molar refractivity (Wildman–Crippen MR) is 99.2 cm³/mol. The topological polar surface area (TPSA) is 84.8 Å². The Balaban J connectivity index is 2.16. The Morgan fingerprint density at radius 3 is 2.76 bits per heavy atom. The maximum absolute atomic E-state index is 11.1. The fourth-order valence-electron chi connectivity index (χ4n) is 1.91. The van der Waals surface area contributed by atoms with E-state index in [0.717, 1.165) is 11.3 Å². The first-order chi connectivity index (χ1) is 12.1. The fraction of sp³-hybridized carbons (Fsp3) is 0.235. The minimum absolute atomic E-state index is 0.257. The van der Waals surface area contributed by atoms with E-state index in [4.69, 9.17) is 9.57 Å². The van der Waals surface area contributed by atoms with Gasteiger partial charge in [-0.05, 0) is 41.1 Å². The van der Waals surface area contributed by atoms with Gasteiger partial charge in [0.15, 0.2) is 0 Å². The third-order valence-corrected chi connectivity index (χ3v) is 3.37. The van der Waals surface area contributed by atoms with Gasteiger partial charge in [-0.3, -0.25) is 4.79 Å². The van der Waals surface area contributed by atoms with Gasteiger partial charge in [0, 0.05) is 12.5 Å². The van der Waals surface area contributed by atoms with E-state index >= 15 is 0 Å². The number of aliphatic imine (C=N–C) groups is 1. The van der Waals surface area contributed by atoms with Crippen molar-refractivity contribution in [1.29, 1.82) is 0 Å². The molecule has 0 aliphatic heterocycles. The lowest BCUT2D eigenvalue weighted by Crippen LogP contribution is -2.32. The number of rotatable bonds is 5. The summed E-state index contributed by atoms with van der Waals surface area (Å²) in [6.45, 7) is 4.13. The fourth-order valence-corrected chi connectivity index (χ4v) is 2.26. The van der Waals surface area contributed by atoms with Crippen molar-refractivity contribution in [2.45, 2.75) is 20.4 Å². The Hall–Kier alpha value is -2.61. The molecular weight excluding hydrogens is 388 g/mol. The zero-order valence-electron chi connectivity index (χ0n) is 14.0. The standard InChI is InChI=1S/C17H19BrN4O3/c1-3-24-14-8-5-4-7-13(14)11-19-17(22-25-12(2)23)21-16-10-6-9-15(18)20-16/h4-10H,3,11H2,1-2H3,(H2,19,20,21,22). The van der Waals surface area contributed by atoms with Crippen LogP contribution in [0.25, 0.3) is 0 Å². The van der Waals surface area contributed by atoms with Gasteiger partial charge < -0.3 is 14.9 Å². The van der Waals surface area contributed by atoms with Crippen LogP contribution in [0.4, 0.5) is 5.82 Å². The molecule has 1 aromatic heterocycles. The van der Waals surface area contributed by atoms with E-state index in [1.165, 1.54) is 6.92 Å². The summed E-state index contributed by atoms with van der Waals surface area (Å²) in [4.78, 5) is 24.6. The van der Waals surface area contributed by atoms with Gasteiger partial charge in [-0.15, -0.1) is 0 Å². The van der Waals surface area contributed by atoms with E-state index in [-0.39, 0.29) is 5.96 Å².